The quantitative estimate of drug-likeness (QED) is 0.907. The van der Waals surface area contributed by atoms with Gasteiger partial charge in [0.1, 0.15) is 11.6 Å². The monoisotopic (exact) mass is 317 g/mol. The Hall–Kier alpha value is -0.940. The Morgan fingerprint density at radius 3 is 2.75 bits per heavy atom. The lowest BCUT2D eigenvalue weighted by molar-refractivity contribution is -0.119. The van der Waals surface area contributed by atoms with Crippen LogP contribution in [0.3, 0.4) is 0 Å². The number of hydrogen-bond acceptors (Lipinski definition) is 2. The SMILES string of the molecule is O=C(CS(=O)Cc1ccc(F)cc1Cl)NC1CCCC1. The third kappa shape index (κ3) is 4.56. The molecule has 1 amide bonds. The summed E-state index contributed by atoms with van der Waals surface area (Å²) in [5.74, 6) is -0.488. The number of hydrogen-bond donors (Lipinski definition) is 1. The van der Waals surface area contributed by atoms with E-state index in [0.29, 0.717) is 5.56 Å². The minimum Gasteiger partial charge on any atom is -0.353 e. The molecule has 0 aliphatic heterocycles. The van der Waals surface area contributed by atoms with Crippen LogP contribution >= 0.6 is 11.6 Å². The summed E-state index contributed by atoms with van der Waals surface area (Å²) < 4.78 is 24.8. The maximum absolute atomic E-state index is 12.9. The van der Waals surface area contributed by atoms with Crippen LogP contribution in [0.2, 0.25) is 5.02 Å². The summed E-state index contributed by atoms with van der Waals surface area (Å²) >= 11 is 5.87. The Labute approximate surface area is 125 Å². The summed E-state index contributed by atoms with van der Waals surface area (Å²) in [7, 11) is -1.34. The molecule has 6 heteroatoms. The van der Waals surface area contributed by atoms with Crippen LogP contribution in [-0.2, 0) is 21.3 Å². The average Bonchev–Trinajstić information content (AvgIpc) is 2.85. The normalized spacial score (nSPS) is 17.1. The predicted molar refractivity (Wildman–Crippen MR) is 78.5 cm³/mol. The predicted octanol–water partition coefficient (Wildman–Crippen LogP) is 2.79. The zero-order valence-corrected chi connectivity index (χ0v) is 12.6. The summed E-state index contributed by atoms with van der Waals surface area (Å²) in [5, 5.41) is 3.14. The van der Waals surface area contributed by atoms with Crippen LogP contribution in [0.4, 0.5) is 4.39 Å². The highest BCUT2D eigenvalue weighted by Gasteiger charge is 2.18. The average molecular weight is 318 g/mol. The Morgan fingerprint density at radius 1 is 1.40 bits per heavy atom. The third-order valence-corrected chi connectivity index (χ3v) is 4.91. The van der Waals surface area contributed by atoms with E-state index < -0.39 is 16.6 Å². The van der Waals surface area contributed by atoms with Crippen LogP contribution in [0.25, 0.3) is 0 Å². The molecule has 1 fully saturated rings. The minimum absolute atomic E-state index is 0.0375. The zero-order chi connectivity index (χ0) is 14.5. The van der Waals surface area contributed by atoms with E-state index in [1.807, 2.05) is 0 Å². The van der Waals surface area contributed by atoms with Crippen LogP contribution in [0, 0.1) is 5.82 Å². The molecule has 0 aromatic heterocycles. The standard InChI is InChI=1S/C14H17ClFNO2S/c15-13-7-11(16)6-5-10(13)8-20(19)9-14(18)17-12-3-1-2-4-12/h5-7,12H,1-4,8-9H2,(H,17,18). The van der Waals surface area contributed by atoms with Gasteiger partial charge in [-0.3, -0.25) is 9.00 Å². The van der Waals surface area contributed by atoms with Gasteiger partial charge in [0.15, 0.2) is 0 Å². The van der Waals surface area contributed by atoms with E-state index in [-0.39, 0.29) is 28.5 Å². The third-order valence-electron chi connectivity index (χ3n) is 3.34. The summed E-state index contributed by atoms with van der Waals surface area (Å²) in [6.45, 7) is 0. The highest BCUT2D eigenvalue weighted by Crippen LogP contribution is 2.19. The molecule has 0 radical (unpaired) electrons. The molecule has 1 aliphatic carbocycles. The van der Waals surface area contributed by atoms with Gasteiger partial charge in [-0.15, -0.1) is 0 Å². The molecule has 2 rings (SSSR count). The van der Waals surface area contributed by atoms with Crippen molar-refractivity contribution >= 4 is 28.3 Å². The second-order valence-corrected chi connectivity index (χ2v) is 6.88. The van der Waals surface area contributed by atoms with Crippen molar-refractivity contribution in [2.75, 3.05) is 5.75 Å². The summed E-state index contributed by atoms with van der Waals surface area (Å²) in [4.78, 5) is 11.7. The molecule has 0 spiro atoms. The molecule has 1 saturated carbocycles. The first kappa shape index (κ1) is 15.4. The molecule has 1 atom stereocenters. The number of halogens is 2. The molecular formula is C14H17ClFNO2S. The van der Waals surface area contributed by atoms with Gasteiger partial charge in [0.25, 0.3) is 0 Å². The fraction of sp³-hybridized carbons (Fsp3) is 0.500. The van der Waals surface area contributed by atoms with Crippen molar-refractivity contribution in [2.24, 2.45) is 0 Å². The van der Waals surface area contributed by atoms with Gasteiger partial charge in [-0.2, -0.15) is 0 Å². The zero-order valence-electron chi connectivity index (χ0n) is 11.0. The van der Waals surface area contributed by atoms with Gasteiger partial charge in [-0.05, 0) is 30.5 Å². The van der Waals surface area contributed by atoms with Crippen LogP contribution in [0.15, 0.2) is 18.2 Å². The first-order chi connectivity index (χ1) is 9.54. The molecule has 1 unspecified atom stereocenters. The molecule has 1 aliphatic rings. The smallest absolute Gasteiger partial charge is 0.232 e. The van der Waals surface area contributed by atoms with Gasteiger partial charge < -0.3 is 5.32 Å². The first-order valence-electron chi connectivity index (χ1n) is 6.63. The molecule has 110 valence electrons. The van der Waals surface area contributed by atoms with E-state index in [0.717, 1.165) is 25.7 Å². The van der Waals surface area contributed by atoms with Crippen molar-refractivity contribution in [1.29, 1.82) is 0 Å². The molecule has 0 saturated heterocycles. The van der Waals surface area contributed by atoms with E-state index in [4.69, 9.17) is 11.6 Å². The van der Waals surface area contributed by atoms with Crippen LogP contribution in [0.1, 0.15) is 31.2 Å². The molecular weight excluding hydrogens is 301 g/mol. The maximum Gasteiger partial charge on any atom is 0.232 e. The number of carbonyl (C=O) groups excluding carboxylic acids is 1. The topological polar surface area (TPSA) is 46.2 Å². The fourth-order valence-electron chi connectivity index (χ4n) is 2.35. The summed E-state index contributed by atoms with van der Waals surface area (Å²) in [6.07, 6.45) is 4.28. The van der Waals surface area contributed by atoms with Crippen molar-refractivity contribution in [3.05, 3.63) is 34.6 Å². The second kappa shape index (κ2) is 7.18. The largest absolute Gasteiger partial charge is 0.353 e. The Kier molecular flexibility index (Phi) is 5.54. The van der Waals surface area contributed by atoms with Crippen molar-refractivity contribution in [1.82, 2.24) is 5.32 Å². The van der Waals surface area contributed by atoms with Crippen molar-refractivity contribution in [2.45, 2.75) is 37.5 Å². The summed E-state index contributed by atoms with van der Waals surface area (Å²) in [5.41, 5.74) is 0.597. The highest BCUT2D eigenvalue weighted by atomic mass is 35.5. The van der Waals surface area contributed by atoms with Gasteiger partial charge in [-0.1, -0.05) is 30.5 Å². The Balaban J connectivity index is 1.83. The van der Waals surface area contributed by atoms with Gasteiger partial charge in [0.2, 0.25) is 5.91 Å². The van der Waals surface area contributed by atoms with Crippen molar-refractivity contribution in [3.8, 4) is 0 Å². The van der Waals surface area contributed by atoms with Crippen LogP contribution in [-0.4, -0.2) is 21.9 Å². The van der Waals surface area contributed by atoms with E-state index in [1.54, 1.807) is 0 Å². The lowest BCUT2D eigenvalue weighted by Gasteiger charge is -2.11. The van der Waals surface area contributed by atoms with Gasteiger partial charge >= 0.3 is 0 Å². The maximum atomic E-state index is 12.9. The second-order valence-electron chi connectivity index (χ2n) is 5.01. The molecule has 0 bridgehead atoms. The molecule has 20 heavy (non-hydrogen) atoms. The fourth-order valence-corrected chi connectivity index (χ4v) is 3.74. The van der Waals surface area contributed by atoms with Crippen LogP contribution in [0.5, 0.6) is 0 Å². The number of carbonyl (C=O) groups is 1. The van der Waals surface area contributed by atoms with Gasteiger partial charge in [0.05, 0.1) is 5.75 Å². The van der Waals surface area contributed by atoms with Gasteiger partial charge in [0, 0.05) is 21.9 Å². The van der Waals surface area contributed by atoms with Crippen molar-refractivity contribution < 1.29 is 13.4 Å². The number of benzene rings is 1. The van der Waals surface area contributed by atoms with E-state index in [9.17, 15) is 13.4 Å². The van der Waals surface area contributed by atoms with E-state index in [2.05, 4.69) is 5.32 Å². The number of rotatable bonds is 5. The molecule has 0 heterocycles. The minimum atomic E-state index is -1.34. The van der Waals surface area contributed by atoms with E-state index in [1.165, 1.54) is 18.2 Å². The highest BCUT2D eigenvalue weighted by molar-refractivity contribution is 7.84. The lowest BCUT2D eigenvalue weighted by atomic mass is 10.2. The summed E-state index contributed by atoms with van der Waals surface area (Å²) in [6, 6.07) is 4.20. The van der Waals surface area contributed by atoms with E-state index >= 15 is 0 Å². The number of amides is 1. The van der Waals surface area contributed by atoms with Crippen molar-refractivity contribution in [3.63, 3.8) is 0 Å². The Bertz CT molecular complexity index is 518. The lowest BCUT2D eigenvalue weighted by Crippen LogP contribution is -2.35. The number of nitrogens with one attached hydrogen (secondary N) is 1. The molecule has 3 nitrogen and oxygen atoms in total. The Morgan fingerprint density at radius 2 is 2.10 bits per heavy atom. The molecule has 1 N–H and O–H groups in total. The first-order valence-corrected chi connectivity index (χ1v) is 8.49. The van der Waals surface area contributed by atoms with Gasteiger partial charge in [-0.25, -0.2) is 4.39 Å². The molecule has 1 aromatic rings. The van der Waals surface area contributed by atoms with Crippen LogP contribution < -0.4 is 5.32 Å². The molecule has 1 aromatic carbocycles.